The van der Waals surface area contributed by atoms with Crippen molar-refractivity contribution in [2.24, 2.45) is 0 Å². The van der Waals surface area contributed by atoms with Crippen molar-refractivity contribution in [3.8, 4) is 5.69 Å². The minimum atomic E-state index is -0.462. The van der Waals surface area contributed by atoms with Crippen LogP contribution in [0.2, 0.25) is 0 Å². The fourth-order valence-electron chi connectivity index (χ4n) is 3.79. The van der Waals surface area contributed by atoms with Crippen molar-refractivity contribution >= 4 is 22.9 Å². The lowest BCUT2D eigenvalue weighted by Crippen LogP contribution is -2.32. The Morgan fingerprint density at radius 2 is 1.76 bits per heavy atom. The second-order valence-corrected chi connectivity index (χ2v) is 7.59. The van der Waals surface area contributed by atoms with Crippen LogP contribution >= 0.6 is 0 Å². The zero-order chi connectivity index (χ0) is 20.5. The first kappa shape index (κ1) is 19.2. The minimum Gasteiger partial charge on any atom is -0.458 e. The van der Waals surface area contributed by atoms with E-state index in [4.69, 9.17) is 4.74 Å². The molecule has 0 bridgehead atoms. The third kappa shape index (κ3) is 3.77. The Morgan fingerprint density at radius 3 is 2.41 bits per heavy atom. The van der Waals surface area contributed by atoms with Gasteiger partial charge in [-0.05, 0) is 63.1 Å². The third-order valence-corrected chi connectivity index (χ3v) is 5.17. The average Bonchev–Trinajstić information content (AvgIpc) is 3.39. The number of benzene rings is 1. The number of likely N-dealkylation sites (tertiary alicyclic amines) is 1. The smallest absolute Gasteiger partial charge is 0.355 e. The van der Waals surface area contributed by atoms with Gasteiger partial charge in [-0.2, -0.15) is 0 Å². The number of esters is 1. The monoisotopic (exact) mass is 397 g/mol. The lowest BCUT2D eigenvalue weighted by molar-refractivity contribution is -0.130. The Labute approximate surface area is 168 Å². The van der Waals surface area contributed by atoms with Crippen LogP contribution in [0.3, 0.4) is 0 Å². The van der Waals surface area contributed by atoms with Crippen molar-refractivity contribution in [3.63, 3.8) is 0 Å². The summed E-state index contributed by atoms with van der Waals surface area (Å²) in [7, 11) is 0. The van der Waals surface area contributed by atoms with Crippen LogP contribution in [-0.2, 0) is 16.1 Å². The number of carbonyl (C=O) groups is 2. The van der Waals surface area contributed by atoms with Gasteiger partial charge in [0.2, 0.25) is 5.91 Å². The molecule has 0 aliphatic carbocycles. The quantitative estimate of drug-likeness (QED) is 0.616. The molecule has 152 valence electrons. The van der Waals surface area contributed by atoms with E-state index in [0.717, 1.165) is 42.7 Å². The Morgan fingerprint density at radius 1 is 1.07 bits per heavy atom. The van der Waals surface area contributed by atoms with E-state index in [0.29, 0.717) is 5.69 Å². The lowest BCUT2D eigenvalue weighted by atomic mass is 10.3. The van der Waals surface area contributed by atoms with Gasteiger partial charge in [0.1, 0.15) is 18.1 Å². The van der Waals surface area contributed by atoms with Gasteiger partial charge in [-0.3, -0.25) is 4.79 Å². The van der Waals surface area contributed by atoms with Crippen LogP contribution in [0.25, 0.3) is 16.7 Å². The van der Waals surface area contributed by atoms with Crippen LogP contribution in [-0.4, -0.2) is 45.1 Å². The van der Waals surface area contributed by atoms with Crippen LogP contribution in [0, 0.1) is 5.82 Å². The first-order chi connectivity index (χ1) is 13.9. The zero-order valence-corrected chi connectivity index (χ0v) is 16.6. The summed E-state index contributed by atoms with van der Waals surface area (Å²) in [5.74, 6) is -0.781. The molecule has 3 heterocycles. The highest BCUT2D eigenvalue weighted by molar-refractivity contribution is 5.96. The van der Waals surface area contributed by atoms with E-state index in [2.05, 4.69) is 0 Å². The van der Waals surface area contributed by atoms with Gasteiger partial charge < -0.3 is 18.8 Å². The van der Waals surface area contributed by atoms with Crippen molar-refractivity contribution in [2.45, 2.75) is 39.3 Å². The van der Waals surface area contributed by atoms with Crippen LogP contribution in [0.1, 0.15) is 37.2 Å². The zero-order valence-electron chi connectivity index (χ0n) is 16.6. The van der Waals surface area contributed by atoms with Crippen LogP contribution < -0.4 is 0 Å². The summed E-state index contributed by atoms with van der Waals surface area (Å²) in [4.78, 5) is 27.3. The van der Waals surface area contributed by atoms with Crippen LogP contribution in [0.4, 0.5) is 4.39 Å². The Balaban J connectivity index is 1.77. The molecular weight excluding hydrogens is 373 g/mol. The molecule has 3 aromatic rings. The summed E-state index contributed by atoms with van der Waals surface area (Å²) in [6.45, 7) is 5.18. The Kier molecular flexibility index (Phi) is 5.13. The van der Waals surface area contributed by atoms with Gasteiger partial charge in [-0.25, -0.2) is 9.18 Å². The second-order valence-electron chi connectivity index (χ2n) is 7.59. The molecule has 1 aromatic carbocycles. The van der Waals surface area contributed by atoms with Crippen molar-refractivity contribution in [3.05, 3.63) is 54.1 Å². The number of rotatable bonds is 5. The van der Waals surface area contributed by atoms with Gasteiger partial charge >= 0.3 is 5.97 Å². The number of aromatic nitrogens is 2. The lowest BCUT2D eigenvalue weighted by Gasteiger charge is -2.17. The molecule has 6 nitrogen and oxygen atoms in total. The number of hydrogen-bond acceptors (Lipinski definition) is 3. The predicted octanol–water partition coefficient (Wildman–Crippen LogP) is 3.76. The van der Waals surface area contributed by atoms with Crippen molar-refractivity contribution < 1.29 is 18.7 Å². The maximum absolute atomic E-state index is 13.3. The summed E-state index contributed by atoms with van der Waals surface area (Å²) >= 11 is 0. The molecule has 7 heteroatoms. The van der Waals surface area contributed by atoms with Gasteiger partial charge in [0, 0.05) is 25.0 Å². The molecule has 1 amide bonds. The van der Waals surface area contributed by atoms with E-state index in [9.17, 15) is 14.0 Å². The Hall–Kier alpha value is -3.09. The second kappa shape index (κ2) is 7.73. The summed E-state index contributed by atoms with van der Waals surface area (Å²) in [5, 5.41) is 0. The summed E-state index contributed by atoms with van der Waals surface area (Å²) in [6.07, 6.45) is 3.61. The molecule has 0 spiro atoms. The summed E-state index contributed by atoms with van der Waals surface area (Å²) < 4.78 is 22.3. The molecule has 29 heavy (non-hydrogen) atoms. The van der Waals surface area contributed by atoms with Crippen molar-refractivity contribution in [1.29, 1.82) is 0 Å². The number of fused-ring (bicyclic) bond motifs is 1. The van der Waals surface area contributed by atoms with E-state index in [1.165, 1.54) is 12.1 Å². The molecule has 1 aliphatic heterocycles. The highest BCUT2D eigenvalue weighted by Crippen LogP contribution is 2.26. The molecule has 4 rings (SSSR count). The summed E-state index contributed by atoms with van der Waals surface area (Å²) in [5.41, 5.74) is 2.64. The van der Waals surface area contributed by atoms with E-state index in [1.54, 1.807) is 36.6 Å². The molecule has 1 fully saturated rings. The fourth-order valence-corrected chi connectivity index (χ4v) is 3.79. The topological polar surface area (TPSA) is 56.5 Å². The molecule has 1 aliphatic rings. The first-order valence-corrected chi connectivity index (χ1v) is 9.89. The average molecular weight is 397 g/mol. The molecule has 0 unspecified atom stereocenters. The van der Waals surface area contributed by atoms with E-state index in [-0.39, 0.29) is 24.4 Å². The molecule has 0 radical (unpaired) electrons. The van der Waals surface area contributed by atoms with Gasteiger partial charge in [-0.15, -0.1) is 0 Å². The molecule has 0 N–H and O–H groups in total. The maximum Gasteiger partial charge on any atom is 0.355 e. The van der Waals surface area contributed by atoms with Crippen molar-refractivity contribution in [1.82, 2.24) is 14.0 Å². The first-order valence-electron chi connectivity index (χ1n) is 9.89. The van der Waals surface area contributed by atoms with Crippen LogP contribution in [0.15, 0.2) is 42.6 Å². The fraction of sp³-hybridized carbons (Fsp3) is 0.364. The molecule has 0 saturated carbocycles. The number of nitrogens with zero attached hydrogens (tertiary/aromatic N) is 3. The van der Waals surface area contributed by atoms with Gasteiger partial charge in [-0.1, -0.05) is 0 Å². The molecule has 0 atom stereocenters. The minimum absolute atomic E-state index is 0.00636. The van der Waals surface area contributed by atoms with Crippen LogP contribution in [0.5, 0.6) is 0 Å². The highest BCUT2D eigenvalue weighted by Gasteiger charge is 2.25. The standard InChI is InChI=1S/C22H24FN3O3/c1-15(2)29-22(28)20-13-19-18(26(20)14-21(27)24-10-3-4-11-24)9-12-25(19)17-7-5-16(23)6-8-17/h5-9,12-13,15H,3-4,10-11,14H2,1-2H3. The normalized spacial score (nSPS) is 14.1. The van der Waals surface area contributed by atoms with E-state index >= 15 is 0 Å². The van der Waals surface area contributed by atoms with Gasteiger partial charge in [0.05, 0.1) is 17.1 Å². The molecule has 2 aromatic heterocycles. The number of halogens is 1. The number of hydrogen-bond donors (Lipinski definition) is 0. The van der Waals surface area contributed by atoms with Crippen molar-refractivity contribution in [2.75, 3.05) is 13.1 Å². The highest BCUT2D eigenvalue weighted by atomic mass is 19.1. The van der Waals surface area contributed by atoms with Gasteiger partial charge in [0.15, 0.2) is 0 Å². The third-order valence-electron chi connectivity index (χ3n) is 5.17. The number of ether oxygens (including phenoxy) is 1. The predicted molar refractivity (Wildman–Crippen MR) is 108 cm³/mol. The van der Waals surface area contributed by atoms with Gasteiger partial charge in [0.25, 0.3) is 0 Å². The Bertz CT molecular complexity index is 1040. The number of carbonyl (C=O) groups excluding carboxylic acids is 2. The molecule has 1 saturated heterocycles. The number of amides is 1. The summed E-state index contributed by atoms with van der Waals surface area (Å²) in [6, 6.07) is 9.73. The molecular formula is C22H24FN3O3. The SMILES string of the molecule is CC(C)OC(=O)c1cc2c(ccn2-c2ccc(F)cc2)n1CC(=O)N1CCCC1. The largest absolute Gasteiger partial charge is 0.458 e. The maximum atomic E-state index is 13.3. The van der Waals surface area contributed by atoms with E-state index in [1.807, 2.05) is 21.7 Å². The van der Waals surface area contributed by atoms with E-state index < -0.39 is 5.97 Å².